The van der Waals surface area contributed by atoms with E-state index in [2.05, 4.69) is 13.8 Å². The molecule has 0 aliphatic heterocycles. The van der Waals surface area contributed by atoms with Crippen LogP contribution >= 0.6 is 0 Å². The number of amides is 1. The van der Waals surface area contributed by atoms with E-state index in [1.165, 1.54) is 0 Å². The van der Waals surface area contributed by atoms with Gasteiger partial charge in [0.15, 0.2) is 0 Å². The Hall–Kier alpha value is -1.06. The molecular formula is C15H27NO3. The molecule has 0 spiro atoms. The zero-order valence-electron chi connectivity index (χ0n) is 12.2. The second-order valence-corrected chi connectivity index (χ2v) is 5.58. The van der Waals surface area contributed by atoms with Gasteiger partial charge in [-0.25, -0.2) is 0 Å². The summed E-state index contributed by atoms with van der Waals surface area (Å²) >= 11 is 0. The molecule has 4 nitrogen and oxygen atoms in total. The van der Waals surface area contributed by atoms with Crippen molar-refractivity contribution in [3.05, 3.63) is 0 Å². The molecule has 0 saturated heterocycles. The van der Waals surface area contributed by atoms with Crippen LogP contribution in [0.25, 0.3) is 0 Å². The minimum absolute atomic E-state index is 0.0604. The Bertz CT molecular complexity index is 296. The Morgan fingerprint density at radius 2 is 1.58 bits per heavy atom. The van der Waals surface area contributed by atoms with Gasteiger partial charge in [-0.05, 0) is 32.1 Å². The molecule has 0 aromatic rings. The molecule has 1 fully saturated rings. The van der Waals surface area contributed by atoms with Crippen molar-refractivity contribution in [3.8, 4) is 0 Å². The maximum Gasteiger partial charge on any atom is 0.306 e. The zero-order chi connectivity index (χ0) is 14.3. The van der Waals surface area contributed by atoms with E-state index in [0.29, 0.717) is 12.8 Å². The number of hydrogen-bond donors (Lipinski definition) is 1. The Morgan fingerprint density at radius 3 is 2.00 bits per heavy atom. The van der Waals surface area contributed by atoms with Gasteiger partial charge in [0.25, 0.3) is 0 Å². The van der Waals surface area contributed by atoms with Gasteiger partial charge in [0.05, 0.1) is 5.92 Å². The van der Waals surface area contributed by atoms with Crippen LogP contribution in [0.1, 0.15) is 58.8 Å². The maximum atomic E-state index is 12.5. The van der Waals surface area contributed by atoms with Crippen LogP contribution in [-0.2, 0) is 9.59 Å². The van der Waals surface area contributed by atoms with Gasteiger partial charge in [0.2, 0.25) is 5.91 Å². The third-order valence-electron chi connectivity index (χ3n) is 4.01. The lowest BCUT2D eigenvalue weighted by atomic mass is 10.0. The second-order valence-electron chi connectivity index (χ2n) is 5.58. The lowest BCUT2D eigenvalue weighted by molar-refractivity contribution is -0.141. The number of unbranched alkanes of at least 4 members (excludes halogenated alkanes) is 2. The summed E-state index contributed by atoms with van der Waals surface area (Å²) in [7, 11) is 0. The minimum atomic E-state index is -0.746. The average molecular weight is 269 g/mol. The lowest BCUT2D eigenvalue weighted by Crippen LogP contribution is -2.37. The monoisotopic (exact) mass is 269 g/mol. The maximum absolute atomic E-state index is 12.5. The summed E-state index contributed by atoms with van der Waals surface area (Å²) in [6, 6.07) is 0. The van der Waals surface area contributed by atoms with E-state index in [4.69, 9.17) is 5.11 Å². The third kappa shape index (κ3) is 4.84. The van der Waals surface area contributed by atoms with Crippen molar-refractivity contribution in [2.45, 2.75) is 58.8 Å². The van der Waals surface area contributed by atoms with E-state index >= 15 is 0 Å². The van der Waals surface area contributed by atoms with Crippen molar-refractivity contribution in [1.82, 2.24) is 4.90 Å². The summed E-state index contributed by atoms with van der Waals surface area (Å²) in [6.07, 6.45) is 6.15. The topological polar surface area (TPSA) is 57.6 Å². The Balaban J connectivity index is 2.53. The quantitative estimate of drug-likeness (QED) is 0.737. The first-order chi connectivity index (χ1) is 9.10. The normalized spacial score (nSPS) is 22.4. The number of hydrogen-bond acceptors (Lipinski definition) is 2. The van der Waals surface area contributed by atoms with Crippen LogP contribution in [0, 0.1) is 11.8 Å². The fraction of sp³-hybridized carbons (Fsp3) is 0.867. The molecule has 0 aromatic heterocycles. The van der Waals surface area contributed by atoms with E-state index in [-0.39, 0.29) is 17.7 Å². The molecular weight excluding hydrogens is 242 g/mol. The molecule has 1 N–H and O–H groups in total. The smallest absolute Gasteiger partial charge is 0.306 e. The highest BCUT2D eigenvalue weighted by Crippen LogP contribution is 2.32. The van der Waals surface area contributed by atoms with Crippen molar-refractivity contribution in [1.29, 1.82) is 0 Å². The third-order valence-corrected chi connectivity index (χ3v) is 4.01. The molecule has 1 saturated carbocycles. The molecule has 0 heterocycles. The first kappa shape index (κ1) is 16.0. The highest BCUT2D eigenvalue weighted by Gasteiger charge is 2.35. The van der Waals surface area contributed by atoms with Crippen LogP contribution in [-0.4, -0.2) is 35.0 Å². The molecule has 110 valence electrons. The molecule has 0 bridgehead atoms. The summed E-state index contributed by atoms with van der Waals surface area (Å²) in [5.74, 6) is -0.933. The molecule has 2 unspecified atom stereocenters. The summed E-state index contributed by atoms with van der Waals surface area (Å²) < 4.78 is 0. The Morgan fingerprint density at radius 1 is 1.05 bits per heavy atom. The van der Waals surface area contributed by atoms with Gasteiger partial charge in [-0.15, -0.1) is 0 Å². The van der Waals surface area contributed by atoms with Gasteiger partial charge in [-0.1, -0.05) is 26.7 Å². The van der Waals surface area contributed by atoms with Crippen molar-refractivity contribution < 1.29 is 14.7 Å². The summed E-state index contributed by atoms with van der Waals surface area (Å²) in [4.78, 5) is 25.4. The van der Waals surface area contributed by atoms with Crippen molar-refractivity contribution >= 4 is 11.9 Å². The summed E-state index contributed by atoms with van der Waals surface area (Å²) in [6.45, 7) is 5.89. The summed E-state index contributed by atoms with van der Waals surface area (Å²) in [5.41, 5.74) is 0. The fourth-order valence-electron chi connectivity index (χ4n) is 2.72. The van der Waals surface area contributed by atoms with Crippen LogP contribution < -0.4 is 0 Å². The highest BCUT2D eigenvalue weighted by atomic mass is 16.4. The number of carbonyl (C=O) groups excluding carboxylic acids is 1. The van der Waals surface area contributed by atoms with Crippen molar-refractivity contribution in [2.75, 3.05) is 13.1 Å². The molecule has 1 aliphatic carbocycles. The molecule has 19 heavy (non-hydrogen) atoms. The van der Waals surface area contributed by atoms with E-state index in [0.717, 1.165) is 45.2 Å². The van der Waals surface area contributed by atoms with Gasteiger partial charge in [0.1, 0.15) is 0 Å². The predicted molar refractivity (Wildman–Crippen MR) is 74.9 cm³/mol. The van der Waals surface area contributed by atoms with E-state index in [1.807, 2.05) is 4.90 Å². The molecule has 0 radical (unpaired) electrons. The van der Waals surface area contributed by atoms with Gasteiger partial charge in [0, 0.05) is 19.0 Å². The number of carbonyl (C=O) groups is 2. The first-order valence-corrected chi connectivity index (χ1v) is 7.61. The van der Waals surface area contributed by atoms with Crippen LogP contribution in [0.15, 0.2) is 0 Å². The van der Waals surface area contributed by atoms with Crippen LogP contribution in [0.4, 0.5) is 0 Å². The van der Waals surface area contributed by atoms with Gasteiger partial charge in [-0.3, -0.25) is 9.59 Å². The Kier molecular flexibility index (Phi) is 6.89. The number of aliphatic carboxylic acids is 1. The molecule has 0 aromatic carbocycles. The van der Waals surface area contributed by atoms with Gasteiger partial charge >= 0.3 is 5.97 Å². The van der Waals surface area contributed by atoms with E-state index in [1.54, 1.807) is 0 Å². The standard InChI is InChI=1S/C15H27NO3/c1-3-5-9-16(10-6-4-2)14(17)12-7-8-13(11-12)15(18)19/h12-13H,3-11H2,1-2H3,(H,18,19). The molecule has 1 aliphatic rings. The van der Waals surface area contributed by atoms with Gasteiger partial charge < -0.3 is 10.0 Å². The molecule has 1 rings (SSSR count). The fourth-order valence-corrected chi connectivity index (χ4v) is 2.72. The van der Waals surface area contributed by atoms with Crippen molar-refractivity contribution in [2.24, 2.45) is 11.8 Å². The lowest BCUT2D eigenvalue weighted by Gasteiger charge is -2.25. The van der Waals surface area contributed by atoms with Gasteiger partial charge in [-0.2, -0.15) is 0 Å². The number of rotatable bonds is 8. The largest absolute Gasteiger partial charge is 0.481 e. The van der Waals surface area contributed by atoms with Crippen molar-refractivity contribution in [3.63, 3.8) is 0 Å². The van der Waals surface area contributed by atoms with E-state index < -0.39 is 5.97 Å². The minimum Gasteiger partial charge on any atom is -0.481 e. The highest BCUT2D eigenvalue weighted by molar-refractivity contribution is 5.81. The number of carboxylic acids is 1. The molecule has 1 amide bonds. The number of nitrogens with zero attached hydrogens (tertiary/aromatic N) is 1. The second kappa shape index (κ2) is 8.18. The predicted octanol–water partition coefficient (Wildman–Crippen LogP) is 2.92. The van der Waals surface area contributed by atoms with Crippen LogP contribution in [0.5, 0.6) is 0 Å². The SMILES string of the molecule is CCCCN(CCCC)C(=O)C1CCC(C(=O)O)C1. The first-order valence-electron chi connectivity index (χ1n) is 7.61. The Labute approximate surface area is 116 Å². The summed E-state index contributed by atoms with van der Waals surface area (Å²) in [5, 5.41) is 9.01. The molecule has 2 atom stereocenters. The average Bonchev–Trinajstić information content (AvgIpc) is 2.88. The van der Waals surface area contributed by atoms with Crippen LogP contribution in [0.3, 0.4) is 0 Å². The number of carboxylic acid groups (broad SMARTS) is 1. The molecule has 4 heteroatoms. The van der Waals surface area contributed by atoms with E-state index in [9.17, 15) is 9.59 Å². The zero-order valence-corrected chi connectivity index (χ0v) is 12.2. The van der Waals surface area contributed by atoms with Crippen LogP contribution in [0.2, 0.25) is 0 Å².